The summed E-state index contributed by atoms with van der Waals surface area (Å²) in [7, 11) is 0. The summed E-state index contributed by atoms with van der Waals surface area (Å²) >= 11 is 5.98. The summed E-state index contributed by atoms with van der Waals surface area (Å²) in [6.45, 7) is 0. The molecule has 1 aliphatic carbocycles. The third-order valence-electron chi connectivity index (χ3n) is 4.76. The second-order valence-corrected chi connectivity index (χ2v) is 6.52. The van der Waals surface area contributed by atoms with Crippen LogP contribution in [0.2, 0.25) is 0 Å². The molecule has 1 aromatic carbocycles. The number of benzene rings is 1. The SMILES string of the molecule is ClCc1ccc2c(n1)c1ncccc1c1nc3c(nc21)CCCC3. The summed E-state index contributed by atoms with van der Waals surface area (Å²) in [5.74, 6) is 0.387. The Morgan fingerprint density at radius 2 is 1.46 bits per heavy atom. The Morgan fingerprint density at radius 3 is 2.17 bits per heavy atom. The number of fused-ring (bicyclic) bond motifs is 7. The van der Waals surface area contributed by atoms with Crippen LogP contribution in [0.15, 0.2) is 30.5 Å². The van der Waals surface area contributed by atoms with Crippen LogP contribution in [-0.4, -0.2) is 19.9 Å². The van der Waals surface area contributed by atoms with E-state index in [1.165, 1.54) is 12.8 Å². The molecule has 0 saturated carbocycles. The number of aromatic nitrogens is 4. The van der Waals surface area contributed by atoms with E-state index in [0.29, 0.717) is 5.88 Å². The zero-order valence-electron chi connectivity index (χ0n) is 13.1. The predicted molar refractivity (Wildman–Crippen MR) is 96.3 cm³/mol. The Kier molecular flexibility index (Phi) is 3.13. The van der Waals surface area contributed by atoms with Gasteiger partial charge in [-0.05, 0) is 49.9 Å². The number of hydrogen-bond acceptors (Lipinski definition) is 4. The third-order valence-corrected chi connectivity index (χ3v) is 5.03. The second-order valence-electron chi connectivity index (χ2n) is 6.25. The molecule has 0 amide bonds. The van der Waals surface area contributed by atoms with Gasteiger partial charge in [0.05, 0.1) is 45.0 Å². The largest absolute Gasteiger partial charge is 0.254 e. The lowest BCUT2D eigenvalue weighted by molar-refractivity contribution is 0.655. The Morgan fingerprint density at radius 1 is 0.792 bits per heavy atom. The maximum atomic E-state index is 5.98. The summed E-state index contributed by atoms with van der Waals surface area (Å²) in [6.07, 6.45) is 6.21. The maximum absolute atomic E-state index is 5.98. The Bertz CT molecular complexity index is 1110. The smallest absolute Gasteiger partial charge is 0.0992 e. The van der Waals surface area contributed by atoms with Crippen molar-refractivity contribution in [2.75, 3.05) is 0 Å². The maximum Gasteiger partial charge on any atom is 0.0992 e. The molecule has 0 spiro atoms. The van der Waals surface area contributed by atoms with Crippen LogP contribution >= 0.6 is 11.6 Å². The Labute approximate surface area is 143 Å². The van der Waals surface area contributed by atoms with E-state index in [9.17, 15) is 0 Å². The number of aryl methyl sites for hydroxylation is 2. The van der Waals surface area contributed by atoms with Crippen molar-refractivity contribution in [1.82, 2.24) is 19.9 Å². The van der Waals surface area contributed by atoms with Crippen LogP contribution in [0.1, 0.15) is 29.9 Å². The molecule has 4 nitrogen and oxygen atoms in total. The minimum atomic E-state index is 0.387. The van der Waals surface area contributed by atoms with Gasteiger partial charge in [0.15, 0.2) is 0 Å². The van der Waals surface area contributed by atoms with Gasteiger partial charge < -0.3 is 0 Å². The van der Waals surface area contributed by atoms with Gasteiger partial charge in [-0.2, -0.15) is 0 Å². The molecule has 0 atom stereocenters. The van der Waals surface area contributed by atoms with E-state index < -0.39 is 0 Å². The van der Waals surface area contributed by atoms with Gasteiger partial charge in [0, 0.05) is 17.0 Å². The van der Waals surface area contributed by atoms with Crippen LogP contribution in [0, 0.1) is 0 Å². The average molecular weight is 335 g/mol. The normalized spacial score (nSPS) is 14.4. The van der Waals surface area contributed by atoms with Crippen molar-refractivity contribution in [3.05, 3.63) is 47.5 Å². The highest BCUT2D eigenvalue weighted by Crippen LogP contribution is 2.33. The molecule has 0 saturated heterocycles. The zero-order valence-corrected chi connectivity index (χ0v) is 13.8. The van der Waals surface area contributed by atoms with Gasteiger partial charge in [-0.1, -0.05) is 0 Å². The average Bonchev–Trinajstić information content (AvgIpc) is 2.66. The van der Waals surface area contributed by atoms with Crippen molar-refractivity contribution in [2.24, 2.45) is 0 Å². The number of halogens is 1. The molecule has 118 valence electrons. The molecule has 0 radical (unpaired) electrons. The van der Waals surface area contributed by atoms with Gasteiger partial charge >= 0.3 is 0 Å². The molecule has 0 unspecified atom stereocenters. The molecule has 24 heavy (non-hydrogen) atoms. The number of alkyl halides is 1. The Hall–Kier alpha value is -2.33. The summed E-state index contributed by atoms with van der Waals surface area (Å²) < 4.78 is 0. The molecule has 3 aromatic heterocycles. The first-order chi connectivity index (χ1) is 11.8. The fourth-order valence-electron chi connectivity index (χ4n) is 3.60. The number of pyridine rings is 2. The van der Waals surface area contributed by atoms with Crippen LogP contribution in [-0.2, 0) is 18.7 Å². The van der Waals surface area contributed by atoms with Crippen molar-refractivity contribution >= 4 is 44.4 Å². The van der Waals surface area contributed by atoms with Crippen molar-refractivity contribution in [3.8, 4) is 0 Å². The number of nitrogens with zero attached hydrogens (tertiary/aromatic N) is 4. The van der Waals surface area contributed by atoms with Crippen LogP contribution in [0.4, 0.5) is 0 Å². The lowest BCUT2D eigenvalue weighted by Crippen LogP contribution is -2.08. The molecule has 0 bridgehead atoms. The van der Waals surface area contributed by atoms with E-state index in [1.54, 1.807) is 6.20 Å². The topological polar surface area (TPSA) is 51.6 Å². The van der Waals surface area contributed by atoms with E-state index in [2.05, 4.69) is 17.1 Å². The summed E-state index contributed by atoms with van der Waals surface area (Å²) in [6, 6.07) is 8.02. The van der Waals surface area contributed by atoms with Crippen molar-refractivity contribution in [3.63, 3.8) is 0 Å². The van der Waals surface area contributed by atoms with E-state index >= 15 is 0 Å². The molecule has 0 fully saturated rings. The van der Waals surface area contributed by atoms with Crippen LogP contribution < -0.4 is 0 Å². The van der Waals surface area contributed by atoms with E-state index in [0.717, 1.165) is 62.8 Å². The first-order valence-corrected chi connectivity index (χ1v) is 8.80. The van der Waals surface area contributed by atoms with Gasteiger partial charge in [-0.15, -0.1) is 11.6 Å². The van der Waals surface area contributed by atoms with Gasteiger partial charge in [-0.3, -0.25) is 4.98 Å². The molecule has 4 aromatic rings. The van der Waals surface area contributed by atoms with Crippen LogP contribution in [0.3, 0.4) is 0 Å². The lowest BCUT2D eigenvalue weighted by Gasteiger charge is -2.16. The third kappa shape index (κ3) is 1.99. The number of rotatable bonds is 1. The molecule has 5 rings (SSSR count). The quantitative estimate of drug-likeness (QED) is 0.384. The van der Waals surface area contributed by atoms with Crippen molar-refractivity contribution in [1.29, 1.82) is 0 Å². The van der Waals surface area contributed by atoms with Crippen LogP contribution in [0.5, 0.6) is 0 Å². The van der Waals surface area contributed by atoms with E-state index in [1.807, 2.05) is 12.1 Å². The first kappa shape index (κ1) is 14.1. The molecule has 1 aliphatic rings. The van der Waals surface area contributed by atoms with Crippen LogP contribution in [0.25, 0.3) is 32.8 Å². The number of hydrogen-bond donors (Lipinski definition) is 0. The standard InChI is InChI=1S/C19H15ClN4/c20-10-11-7-8-13-17(22-11)16-12(4-3-9-21-16)18-19(13)24-15-6-2-1-5-14(15)23-18/h3-4,7-9H,1-2,5-6,10H2. The Balaban J connectivity index is 2.01. The van der Waals surface area contributed by atoms with Crippen molar-refractivity contribution < 1.29 is 0 Å². The summed E-state index contributed by atoms with van der Waals surface area (Å²) in [5, 5.41) is 2.02. The molecular weight excluding hydrogens is 320 g/mol. The lowest BCUT2D eigenvalue weighted by atomic mass is 9.99. The molecule has 0 aliphatic heterocycles. The molecule has 3 heterocycles. The van der Waals surface area contributed by atoms with Gasteiger partial charge in [0.2, 0.25) is 0 Å². The monoisotopic (exact) mass is 334 g/mol. The molecule has 5 heteroatoms. The van der Waals surface area contributed by atoms with E-state index in [4.69, 9.17) is 26.6 Å². The zero-order chi connectivity index (χ0) is 16.1. The minimum Gasteiger partial charge on any atom is -0.254 e. The minimum absolute atomic E-state index is 0.387. The summed E-state index contributed by atoms with van der Waals surface area (Å²) in [4.78, 5) is 19.3. The van der Waals surface area contributed by atoms with Gasteiger partial charge in [-0.25, -0.2) is 15.0 Å². The van der Waals surface area contributed by atoms with Gasteiger partial charge in [0.25, 0.3) is 0 Å². The van der Waals surface area contributed by atoms with Gasteiger partial charge in [0.1, 0.15) is 0 Å². The first-order valence-electron chi connectivity index (χ1n) is 8.27. The van der Waals surface area contributed by atoms with Crippen molar-refractivity contribution in [2.45, 2.75) is 31.6 Å². The molecule has 0 N–H and O–H groups in total. The van der Waals surface area contributed by atoms with E-state index in [-0.39, 0.29) is 0 Å². The second kappa shape index (κ2) is 5.35. The predicted octanol–water partition coefficient (Wildman–Crippen LogP) is 4.34. The fourth-order valence-corrected chi connectivity index (χ4v) is 3.75. The summed E-state index contributed by atoms with van der Waals surface area (Å²) in [5.41, 5.74) is 6.73. The highest BCUT2D eigenvalue weighted by Gasteiger charge is 2.18. The fraction of sp³-hybridized carbons (Fsp3) is 0.263. The highest BCUT2D eigenvalue weighted by atomic mass is 35.5. The highest BCUT2D eigenvalue weighted by molar-refractivity contribution is 6.21. The molecular formula is C19H15ClN4.